The van der Waals surface area contributed by atoms with Crippen molar-refractivity contribution in [3.63, 3.8) is 0 Å². The van der Waals surface area contributed by atoms with E-state index >= 15 is 0 Å². The van der Waals surface area contributed by atoms with E-state index in [1.54, 1.807) is 0 Å². The van der Waals surface area contributed by atoms with Crippen LogP contribution < -0.4 is 5.43 Å². The monoisotopic (exact) mass is 272 g/mol. The molecular formula is C17H12N4. The topological polar surface area (TPSA) is 60.5 Å². The smallest absolute Gasteiger partial charge is 0.160 e. The minimum absolute atomic E-state index is 0.272. The molecule has 1 heterocycles. The fourth-order valence-corrected chi connectivity index (χ4v) is 2.99. The van der Waals surface area contributed by atoms with Gasteiger partial charge in [-0.05, 0) is 33.2 Å². The molecule has 0 amide bonds. The lowest BCUT2D eigenvalue weighted by molar-refractivity contribution is 0.636. The average Bonchev–Trinajstić information content (AvgIpc) is 3.00. The van der Waals surface area contributed by atoms with E-state index in [9.17, 15) is 5.26 Å². The molecule has 0 radical (unpaired) electrons. The van der Waals surface area contributed by atoms with Crippen LogP contribution in [0.15, 0.2) is 64.9 Å². The highest BCUT2D eigenvalue weighted by Gasteiger charge is 2.30. The molecule has 100 valence electrons. The quantitative estimate of drug-likeness (QED) is 0.683. The molecule has 0 saturated heterocycles. The highest BCUT2D eigenvalue weighted by molar-refractivity contribution is 6.02. The zero-order chi connectivity index (χ0) is 14.2. The van der Waals surface area contributed by atoms with Gasteiger partial charge in [-0.1, -0.05) is 53.8 Å². The van der Waals surface area contributed by atoms with Gasteiger partial charge in [0.15, 0.2) is 6.04 Å². The predicted molar refractivity (Wildman–Crippen MR) is 81.6 cm³/mol. The number of nitrogens with zero attached hydrogens (tertiary/aromatic N) is 3. The van der Waals surface area contributed by atoms with Crippen molar-refractivity contribution in [2.45, 2.75) is 12.1 Å². The maximum absolute atomic E-state index is 9.31. The highest BCUT2D eigenvalue weighted by atomic mass is 15.5. The predicted octanol–water partition coefficient (Wildman–Crippen LogP) is 3.90. The third kappa shape index (κ3) is 1.75. The first kappa shape index (κ1) is 11.9. The summed E-state index contributed by atoms with van der Waals surface area (Å²) in [4.78, 5) is 0. The van der Waals surface area contributed by atoms with Gasteiger partial charge in [-0.15, -0.1) is 0 Å². The Hall–Kier alpha value is -2.93. The van der Waals surface area contributed by atoms with Crippen molar-refractivity contribution in [1.29, 1.82) is 5.26 Å². The second-order valence-electron chi connectivity index (χ2n) is 5.13. The number of fused-ring (bicyclic) bond motifs is 2. The zero-order valence-electron chi connectivity index (χ0n) is 11.2. The Morgan fingerprint density at radius 3 is 2.19 bits per heavy atom. The van der Waals surface area contributed by atoms with Gasteiger partial charge in [0.1, 0.15) is 6.04 Å². The van der Waals surface area contributed by atoms with E-state index in [1.807, 2.05) is 24.3 Å². The summed E-state index contributed by atoms with van der Waals surface area (Å²) < 4.78 is 0. The fourth-order valence-electron chi connectivity index (χ4n) is 2.99. The summed E-state index contributed by atoms with van der Waals surface area (Å²) >= 11 is 0. The third-order valence-corrected chi connectivity index (χ3v) is 3.94. The molecular weight excluding hydrogens is 260 g/mol. The Morgan fingerprint density at radius 1 is 0.952 bits per heavy atom. The van der Waals surface area contributed by atoms with Gasteiger partial charge < -0.3 is 0 Å². The van der Waals surface area contributed by atoms with Gasteiger partial charge >= 0.3 is 0 Å². The molecule has 0 aliphatic carbocycles. The van der Waals surface area contributed by atoms with Crippen LogP contribution in [0.25, 0.3) is 21.5 Å². The van der Waals surface area contributed by atoms with Crippen molar-refractivity contribution in [2.24, 2.45) is 10.3 Å². The fraction of sp³-hybridized carbons (Fsp3) is 0.118. The van der Waals surface area contributed by atoms with Crippen molar-refractivity contribution in [2.75, 3.05) is 0 Å². The molecule has 4 nitrogen and oxygen atoms in total. The minimum Gasteiger partial charge on any atom is -0.272 e. The summed E-state index contributed by atoms with van der Waals surface area (Å²) in [6, 6.07) is 20.2. The first-order chi connectivity index (χ1) is 10.4. The Labute approximate surface area is 121 Å². The largest absolute Gasteiger partial charge is 0.272 e. The van der Waals surface area contributed by atoms with Crippen molar-refractivity contribution < 1.29 is 0 Å². The first-order valence-electron chi connectivity index (χ1n) is 6.84. The molecule has 1 aliphatic heterocycles. The van der Waals surface area contributed by atoms with E-state index in [1.165, 1.54) is 0 Å². The van der Waals surface area contributed by atoms with Crippen LogP contribution >= 0.6 is 0 Å². The molecule has 4 heteroatoms. The number of nitrogens with one attached hydrogen (secondary N) is 1. The summed E-state index contributed by atoms with van der Waals surface area (Å²) in [6.45, 7) is 0. The molecule has 0 aromatic heterocycles. The molecule has 0 bridgehead atoms. The maximum Gasteiger partial charge on any atom is 0.160 e. The number of hydrogen-bond acceptors (Lipinski definition) is 4. The lowest BCUT2D eigenvalue weighted by Crippen LogP contribution is -2.23. The number of rotatable bonds is 1. The number of nitriles is 1. The highest BCUT2D eigenvalue weighted by Crippen LogP contribution is 2.37. The van der Waals surface area contributed by atoms with Crippen LogP contribution in [-0.4, -0.2) is 6.04 Å². The molecule has 0 fully saturated rings. The Bertz CT molecular complexity index is 853. The van der Waals surface area contributed by atoms with Gasteiger partial charge in [0.2, 0.25) is 0 Å². The van der Waals surface area contributed by atoms with Gasteiger partial charge in [-0.3, -0.25) is 5.43 Å². The number of benzene rings is 3. The molecule has 4 rings (SSSR count). The summed E-state index contributed by atoms with van der Waals surface area (Å²) in [6.07, 6.45) is 0. The Kier molecular flexibility index (Phi) is 2.58. The molecule has 3 aromatic carbocycles. The van der Waals surface area contributed by atoms with E-state index in [-0.39, 0.29) is 6.04 Å². The second-order valence-corrected chi connectivity index (χ2v) is 5.13. The normalized spacial score (nSPS) is 20.5. The van der Waals surface area contributed by atoms with Crippen LogP contribution in [0.1, 0.15) is 11.6 Å². The minimum atomic E-state index is -0.417. The summed E-state index contributed by atoms with van der Waals surface area (Å²) in [5.74, 6) is 0. The molecule has 2 atom stereocenters. The average molecular weight is 272 g/mol. The van der Waals surface area contributed by atoms with Gasteiger partial charge in [-0.25, -0.2) is 0 Å². The molecule has 21 heavy (non-hydrogen) atoms. The van der Waals surface area contributed by atoms with E-state index in [0.717, 1.165) is 27.1 Å². The van der Waals surface area contributed by atoms with Gasteiger partial charge in [0.25, 0.3) is 0 Å². The van der Waals surface area contributed by atoms with Crippen molar-refractivity contribution in [3.05, 3.63) is 60.2 Å². The third-order valence-electron chi connectivity index (χ3n) is 3.94. The van der Waals surface area contributed by atoms with E-state index in [2.05, 4.69) is 52.2 Å². The lowest BCUT2D eigenvalue weighted by Gasteiger charge is -2.16. The Balaban J connectivity index is 2.12. The second kappa shape index (κ2) is 4.57. The van der Waals surface area contributed by atoms with Crippen LogP contribution in [0.3, 0.4) is 0 Å². The lowest BCUT2D eigenvalue weighted by atomic mass is 9.90. The number of hydrogen-bond donors (Lipinski definition) is 1. The van der Waals surface area contributed by atoms with Crippen LogP contribution in [0.2, 0.25) is 0 Å². The van der Waals surface area contributed by atoms with Crippen molar-refractivity contribution >= 4 is 21.5 Å². The summed E-state index contributed by atoms with van der Waals surface area (Å²) in [5.41, 5.74) is 3.85. The standard InChI is InChI=1S/C17H12N4/c18-10-15-17(20-21-19-15)16-13-7-3-1-5-11(13)9-12-6-2-4-8-14(12)16/h1-9,15,17H,(H,19,20)/t15-,17+/m0/s1. The van der Waals surface area contributed by atoms with Crippen LogP contribution in [0.4, 0.5) is 0 Å². The SMILES string of the molecule is N#C[C@@H]1NN=N[C@H]1c1c2ccccc2cc2ccccc12. The van der Waals surface area contributed by atoms with Gasteiger partial charge in [-0.2, -0.15) is 10.4 Å². The van der Waals surface area contributed by atoms with Crippen LogP contribution in [-0.2, 0) is 0 Å². The summed E-state index contributed by atoms with van der Waals surface area (Å²) in [7, 11) is 0. The molecule has 0 spiro atoms. The molecule has 1 aliphatic rings. The van der Waals surface area contributed by atoms with Gasteiger partial charge in [0, 0.05) is 0 Å². The van der Waals surface area contributed by atoms with E-state index in [0.29, 0.717) is 0 Å². The van der Waals surface area contributed by atoms with E-state index in [4.69, 9.17) is 0 Å². The van der Waals surface area contributed by atoms with Crippen LogP contribution in [0, 0.1) is 11.3 Å². The van der Waals surface area contributed by atoms with Crippen LogP contribution in [0.5, 0.6) is 0 Å². The Morgan fingerprint density at radius 2 is 1.57 bits per heavy atom. The first-order valence-corrected chi connectivity index (χ1v) is 6.84. The maximum atomic E-state index is 9.31. The van der Waals surface area contributed by atoms with E-state index < -0.39 is 6.04 Å². The zero-order valence-corrected chi connectivity index (χ0v) is 11.2. The van der Waals surface area contributed by atoms with Crippen molar-refractivity contribution in [3.8, 4) is 6.07 Å². The molecule has 0 unspecified atom stereocenters. The molecule has 0 saturated carbocycles. The molecule has 3 aromatic rings. The summed E-state index contributed by atoms with van der Waals surface area (Å²) in [5, 5.41) is 22.0. The molecule has 1 N–H and O–H groups in total. The van der Waals surface area contributed by atoms with Crippen molar-refractivity contribution in [1.82, 2.24) is 5.43 Å². The van der Waals surface area contributed by atoms with Gasteiger partial charge in [0.05, 0.1) is 6.07 Å².